The zero-order valence-electron chi connectivity index (χ0n) is 8.38. The van der Waals surface area contributed by atoms with Gasteiger partial charge < -0.3 is 4.90 Å². The van der Waals surface area contributed by atoms with Crippen LogP contribution in [0.15, 0.2) is 0 Å². The van der Waals surface area contributed by atoms with E-state index >= 15 is 0 Å². The summed E-state index contributed by atoms with van der Waals surface area (Å²) < 4.78 is 0. The van der Waals surface area contributed by atoms with Crippen LogP contribution >= 0.6 is 23.4 Å². The van der Waals surface area contributed by atoms with Crippen LogP contribution < -0.4 is 0 Å². The highest BCUT2D eigenvalue weighted by molar-refractivity contribution is 7.98. The van der Waals surface area contributed by atoms with Crippen molar-refractivity contribution >= 4 is 29.3 Å². The summed E-state index contributed by atoms with van der Waals surface area (Å²) in [6.07, 6.45) is 3.56. The first kappa shape index (κ1) is 13.1. The Morgan fingerprint density at radius 3 is 2.69 bits per heavy atom. The van der Waals surface area contributed by atoms with Crippen LogP contribution in [0.25, 0.3) is 0 Å². The predicted molar refractivity (Wildman–Crippen MR) is 60.6 cm³/mol. The summed E-state index contributed by atoms with van der Waals surface area (Å²) >= 11 is 7.28. The maximum atomic E-state index is 11.5. The molecular weight excluding hydrogens is 206 g/mol. The molecule has 0 heterocycles. The lowest BCUT2D eigenvalue weighted by molar-refractivity contribution is -0.130. The van der Waals surface area contributed by atoms with Crippen molar-refractivity contribution < 1.29 is 4.79 Å². The molecule has 0 spiro atoms. The Morgan fingerprint density at radius 1 is 1.54 bits per heavy atom. The van der Waals surface area contributed by atoms with Gasteiger partial charge in [0.25, 0.3) is 0 Å². The number of nitrogens with zero attached hydrogens (tertiary/aromatic N) is 1. The molecule has 0 saturated carbocycles. The lowest BCUT2D eigenvalue weighted by Gasteiger charge is -2.20. The molecule has 1 amide bonds. The van der Waals surface area contributed by atoms with Crippen molar-refractivity contribution in [2.24, 2.45) is 0 Å². The molecule has 0 aromatic carbocycles. The van der Waals surface area contributed by atoms with Crippen LogP contribution in [0.3, 0.4) is 0 Å². The van der Waals surface area contributed by atoms with E-state index in [9.17, 15) is 4.79 Å². The van der Waals surface area contributed by atoms with Crippen LogP contribution in [0.1, 0.15) is 19.8 Å². The first-order valence-corrected chi connectivity index (χ1v) is 6.51. The topological polar surface area (TPSA) is 20.3 Å². The molecule has 13 heavy (non-hydrogen) atoms. The van der Waals surface area contributed by atoms with Gasteiger partial charge in [0.15, 0.2) is 0 Å². The van der Waals surface area contributed by atoms with Gasteiger partial charge in [-0.15, -0.1) is 11.6 Å². The Balaban J connectivity index is 3.71. The fourth-order valence-electron chi connectivity index (χ4n) is 1.06. The summed E-state index contributed by atoms with van der Waals surface area (Å²) in [5, 5.41) is 0. The second kappa shape index (κ2) is 8.70. The second-order valence-electron chi connectivity index (χ2n) is 2.76. The molecule has 0 aliphatic carbocycles. The zero-order valence-corrected chi connectivity index (χ0v) is 9.96. The monoisotopic (exact) mass is 223 g/mol. The molecule has 0 aromatic heterocycles. The molecule has 0 radical (unpaired) electrons. The molecule has 78 valence electrons. The number of carbonyl (C=O) groups is 1. The number of amides is 1. The Labute approximate surface area is 90.0 Å². The fourth-order valence-corrected chi connectivity index (χ4v) is 1.56. The average Bonchev–Trinajstić information content (AvgIpc) is 2.16. The normalized spacial score (nSPS) is 10.1. The van der Waals surface area contributed by atoms with Gasteiger partial charge in [-0.1, -0.05) is 0 Å². The maximum absolute atomic E-state index is 11.5. The quantitative estimate of drug-likeness (QED) is 0.617. The van der Waals surface area contributed by atoms with E-state index in [4.69, 9.17) is 11.6 Å². The van der Waals surface area contributed by atoms with E-state index in [1.807, 2.05) is 18.1 Å². The molecule has 0 aliphatic heterocycles. The van der Waals surface area contributed by atoms with Crippen molar-refractivity contribution in [1.29, 1.82) is 0 Å². The van der Waals surface area contributed by atoms with Crippen molar-refractivity contribution in [2.75, 3.05) is 31.0 Å². The first-order valence-electron chi connectivity index (χ1n) is 4.59. The van der Waals surface area contributed by atoms with Crippen LogP contribution in [0.4, 0.5) is 0 Å². The molecule has 0 rings (SSSR count). The molecule has 0 aliphatic rings. The van der Waals surface area contributed by atoms with E-state index in [2.05, 4.69) is 0 Å². The maximum Gasteiger partial charge on any atom is 0.223 e. The number of rotatable bonds is 7. The molecule has 0 atom stereocenters. The Morgan fingerprint density at radius 2 is 2.23 bits per heavy atom. The van der Waals surface area contributed by atoms with Gasteiger partial charge in [-0.25, -0.2) is 0 Å². The molecule has 0 N–H and O–H groups in total. The highest BCUT2D eigenvalue weighted by atomic mass is 35.5. The molecule has 0 fully saturated rings. The zero-order chi connectivity index (χ0) is 10.1. The van der Waals surface area contributed by atoms with Crippen molar-refractivity contribution in [2.45, 2.75) is 19.8 Å². The van der Waals surface area contributed by atoms with Crippen LogP contribution in [0.2, 0.25) is 0 Å². The fraction of sp³-hybridized carbons (Fsp3) is 0.889. The highest BCUT2D eigenvalue weighted by Gasteiger charge is 2.09. The lowest BCUT2D eigenvalue weighted by Crippen LogP contribution is -2.32. The number of alkyl halides is 1. The molecule has 0 unspecified atom stereocenters. The molecule has 0 saturated heterocycles. The van der Waals surface area contributed by atoms with Gasteiger partial charge in [0.2, 0.25) is 5.91 Å². The van der Waals surface area contributed by atoms with Gasteiger partial charge in [0.1, 0.15) is 0 Å². The summed E-state index contributed by atoms with van der Waals surface area (Å²) in [5.74, 6) is 1.80. The minimum absolute atomic E-state index is 0.252. The van der Waals surface area contributed by atoms with E-state index in [0.29, 0.717) is 12.3 Å². The van der Waals surface area contributed by atoms with Crippen molar-refractivity contribution in [3.63, 3.8) is 0 Å². The van der Waals surface area contributed by atoms with Gasteiger partial charge in [0.05, 0.1) is 0 Å². The van der Waals surface area contributed by atoms with Gasteiger partial charge in [0, 0.05) is 31.1 Å². The van der Waals surface area contributed by atoms with Crippen LogP contribution in [-0.4, -0.2) is 41.8 Å². The Kier molecular flexibility index (Phi) is 8.77. The van der Waals surface area contributed by atoms with E-state index < -0.39 is 0 Å². The van der Waals surface area contributed by atoms with Crippen LogP contribution in [0, 0.1) is 0 Å². The van der Waals surface area contributed by atoms with Gasteiger partial charge >= 0.3 is 0 Å². The van der Waals surface area contributed by atoms with Crippen molar-refractivity contribution in [3.8, 4) is 0 Å². The number of halogens is 1. The molecule has 2 nitrogen and oxygen atoms in total. The largest absolute Gasteiger partial charge is 0.343 e. The predicted octanol–water partition coefficient (Wildman–Crippen LogP) is 2.22. The van der Waals surface area contributed by atoms with E-state index in [0.717, 1.165) is 25.3 Å². The third kappa shape index (κ3) is 6.22. The lowest BCUT2D eigenvalue weighted by atomic mass is 10.3. The molecule has 4 heteroatoms. The number of hydrogen-bond donors (Lipinski definition) is 0. The molecule has 0 aromatic rings. The third-order valence-electron chi connectivity index (χ3n) is 1.82. The van der Waals surface area contributed by atoms with Crippen molar-refractivity contribution in [3.05, 3.63) is 0 Å². The van der Waals surface area contributed by atoms with Gasteiger partial charge in [-0.2, -0.15) is 11.8 Å². The standard InChI is InChI=1S/C9H18ClNOS/c1-3-11(7-4-6-10)9(12)5-8-13-2/h3-8H2,1-2H3. The average molecular weight is 224 g/mol. The van der Waals surface area contributed by atoms with Crippen molar-refractivity contribution in [1.82, 2.24) is 4.90 Å². The van der Waals surface area contributed by atoms with Gasteiger partial charge in [-0.3, -0.25) is 4.79 Å². The Hall–Kier alpha value is 0.110. The van der Waals surface area contributed by atoms with E-state index in [-0.39, 0.29) is 5.91 Å². The highest BCUT2D eigenvalue weighted by Crippen LogP contribution is 2.01. The summed E-state index contributed by atoms with van der Waals surface area (Å²) in [4.78, 5) is 13.4. The van der Waals surface area contributed by atoms with Gasteiger partial charge in [-0.05, 0) is 19.6 Å². The van der Waals surface area contributed by atoms with Crippen LogP contribution in [-0.2, 0) is 4.79 Å². The number of hydrogen-bond acceptors (Lipinski definition) is 2. The van der Waals surface area contributed by atoms with Crippen LogP contribution in [0.5, 0.6) is 0 Å². The number of thioether (sulfide) groups is 1. The smallest absolute Gasteiger partial charge is 0.223 e. The second-order valence-corrected chi connectivity index (χ2v) is 4.12. The first-order chi connectivity index (χ1) is 6.26. The summed E-state index contributed by atoms with van der Waals surface area (Å²) in [7, 11) is 0. The molecular formula is C9H18ClNOS. The van der Waals surface area contributed by atoms with E-state index in [1.165, 1.54) is 0 Å². The SMILES string of the molecule is CCN(CCCCl)C(=O)CCSC. The summed E-state index contributed by atoms with van der Waals surface area (Å²) in [6, 6.07) is 0. The Bertz CT molecular complexity index is 144. The minimum Gasteiger partial charge on any atom is -0.343 e. The third-order valence-corrected chi connectivity index (χ3v) is 2.70. The summed E-state index contributed by atoms with van der Waals surface area (Å²) in [5.41, 5.74) is 0. The minimum atomic E-state index is 0.252. The summed E-state index contributed by atoms with van der Waals surface area (Å²) in [6.45, 7) is 3.60. The number of carbonyl (C=O) groups excluding carboxylic acids is 1. The molecule has 0 bridgehead atoms. The van der Waals surface area contributed by atoms with E-state index in [1.54, 1.807) is 11.8 Å².